The molecule has 10 nitrogen and oxygen atoms in total. The highest BCUT2D eigenvalue weighted by Crippen LogP contribution is 2.29. The van der Waals surface area contributed by atoms with Gasteiger partial charge >= 0.3 is 0 Å². The summed E-state index contributed by atoms with van der Waals surface area (Å²) in [7, 11) is 0. The van der Waals surface area contributed by atoms with Crippen LogP contribution in [-0.4, -0.2) is 72.5 Å². The Labute approximate surface area is 138 Å². The van der Waals surface area contributed by atoms with E-state index in [1.54, 1.807) is 0 Å². The lowest BCUT2D eigenvalue weighted by molar-refractivity contribution is 0.121. The lowest BCUT2D eigenvalue weighted by Crippen LogP contribution is -2.39. The first-order valence-corrected chi connectivity index (χ1v) is 7.98. The Kier molecular flexibility index (Phi) is 3.90. The quantitative estimate of drug-likeness (QED) is 0.725. The van der Waals surface area contributed by atoms with E-state index >= 15 is 0 Å². The van der Waals surface area contributed by atoms with Crippen LogP contribution in [0.4, 0.5) is 23.5 Å². The molecule has 0 radical (unpaired) electrons. The van der Waals surface area contributed by atoms with Gasteiger partial charge in [0.15, 0.2) is 11.6 Å². The van der Waals surface area contributed by atoms with Crippen molar-refractivity contribution in [2.45, 2.75) is 0 Å². The van der Waals surface area contributed by atoms with Crippen molar-refractivity contribution >= 4 is 34.6 Å². The molecule has 4 heterocycles. The molecule has 2 aliphatic heterocycles. The lowest BCUT2D eigenvalue weighted by Gasteiger charge is -2.31. The number of morpholine rings is 2. The summed E-state index contributed by atoms with van der Waals surface area (Å²) >= 11 is 0. The minimum Gasteiger partial charge on any atom is -0.382 e. The Morgan fingerprint density at radius 2 is 1.33 bits per heavy atom. The van der Waals surface area contributed by atoms with Crippen LogP contribution in [-0.2, 0) is 9.47 Å². The molecule has 4 N–H and O–H groups in total. The Hall–Kier alpha value is -2.46. The van der Waals surface area contributed by atoms with Gasteiger partial charge in [0.2, 0.25) is 11.9 Å². The number of aromatic nitrogens is 4. The van der Waals surface area contributed by atoms with Gasteiger partial charge in [-0.15, -0.1) is 0 Å². The predicted octanol–water partition coefficient (Wildman–Crippen LogP) is -0.743. The molecule has 2 aromatic rings. The summed E-state index contributed by atoms with van der Waals surface area (Å²) in [4.78, 5) is 21.9. The van der Waals surface area contributed by atoms with E-state index in [9.17, 15) is 0 Å². The van der Waals surface area contributed by atoms with Crippen LogP contribution in [0.15, 0.2) is 0 Å². The normalized spacial score (nSPS) is 19.0. The van der Waals surface area contributed by atoms with Gasteiger partial charge in [0.25, 0.3) is 0 Å². The molecule has 2 fully saturated rings. The summed E-state index contributed by atoms with van der Waals surface area (Å²) in [6.45, 7) is 5.55. The molecule has 0 spiro atoms. The fourth-order valence-electron chi connectivity index (χ4n) is 2.93. The Morgan fingerprint density at radius 1 is 0.708 bits per heavy atom. The molecule has 2 saturated heterocycles. The van der Waals surface area contributed by atoms with Crippen molar-refractivity contribution in [3.63, 3.8) is 0 Å². The van der Waals surface area contributed by atoms with E-state index in [0.717, 1.165) is 32.0 Å². The van der Waals surface area contributed by atoms with Gasteiger partial charge in [0, 0.05) is 26.2 Å². The molecule has 0 saturated carbocycles. The summed E-state index contributed by atoms with van der Waals surface area (Å²) in [6, 6.07) is 0. The van der Waals surface area contributed by atoms with Crippen LogP contribution >= 0.6 is 0 Å². The summed E-state index contributed by atoms with van der Waals surface area (Å²) in [5.74, 6) is 1.74. The molecule has 0 atom stereocenters. The third kappa shape index (κ3) is 2.74. The van der Waals surface area contributed by atoms with Crippen LogP contribution in [0.1, 0.15) is 0 Å². The van der Waals surface area contributed by atoms with Crippen LogP contribution in [0.2, 0.25) is 0 Å². The molecular formula is C14H20N8O2. The van der Waals surface area contributed by atoms with Crippen molar-refractivity contribution < 1.29 is 9.47 Å². The van der Waals surface area contributed by atoms with E-state index in [0.29, 0.717) is 43.4 Å². The number of hydrogen-bond acceptors (Lipinski definition) is 10. The highest BCUT2D eigenvalue weighted by atomic mass is 16.5. The topological polar surface area (TPSA) is 129 Å². The number of nitrogen functional groups attached to an aromatic ring is 2. The van der Waals surface area contributed by atoms with Gasteiger partial charge in [-0.3, -0.25) is 0 Å². The average Bonchev–Trinajstić information content (AvgIpc) is 2.62. The Morgan fingerprint density at radius 3 is 2.00 bits per heavy atom. The second-order valence-electron chi connectivity index (χ2n) is 5.71. The van der Waals surface area contributed by atoms with Gasteiger partial charge in [-0.2, -0.15) is 9.97 Å². The van der Waals surface area contributed by atoms with Crippen LogP contribution in [0.25, 0.3) is 11.0 Å². The number of anilines is 4. The van der Waals surface area contributed by atoms with Gasteiger partial charge in [0.1, 0.15) is 11.0 Å². The first-order valence-electron chi connectivity index (χ1n) is 7.98. The average molecular weight is 332 g/mol. The van der Waals surface area contributed by atoms with Crippen LogP contribution < -0.4 is 21.3 Å². The van der Waals surface area contributed by atoms with Crippen LogP contribution in [0.3, 0.4) is 0 Å². The zero-order valence-corrected chi connectivity index (χ0v) is 13.3. The molecule has 10 heteroatoms. The highest BCUT2D eigenvalue weighted by Gasteiger charge is 2.23. The van der Waals surface area contributed by atoms with E-state index in [1.807, 2.05) is 0 Å². The van der Waals surface area contributed by atoms with E-state index < -0.39 is 0 Å². The van der Waals surface area contributed by atoms with Crippen LogP contribution in [0.5, 0.6) is 0 Å². The predicted molar refractivity (Wildman–Crippen MR) is 90.0 cm³/mol. The molecular weight excluding hydrogens is 312 g/mol. The van der Waals surface area contributed by atoms with E-state index in [2.05, 4.69) is 24.8 Å². The maximum atomic E-state index is 6.05. The molecule has 0 amide bonds. The summed E-state index contributed by atoms with van der Waals surface area (Å²) in [6.07, 6.45) is 0. The number of hydrogen-bond donors (Lipinski definition) is 2. The van der Waals surface area contributed by atoms with Crippen molar-refractivity contribution in [1.82, 2.24) is 19.9 Å². The smallest absolute Gasteiger partial charge is 0.228 e. The van der Waals surface area contributed by atoms with Gasteiger partial charge < -0.3 is 30.7 Å². The molecule has 0 unspecified atom stereocenters. The van der Waals surface area contributed by atoms with Gasteiger partial charge in [0.05, 0.1) is 26.4 Å². The molecule has 24 heavy (non-hydrogen) atoms. The molecule has 4 rings (SSSR count). The van der Waals surface area contributed by atoms with Crippen molar-refractivity contribution in [2.75, 3.05) is 73.9 Å². The van der Waals surface area contributed by atoms with Gasteiger partial charge in [-0.25, -0.2) is 9.97 Å². The number of rotatable bonds is 2. The number of fused-ring (bicyclic) bond motifs is 1. The fourth-order valence-corrected chi connectivity index (χ4v) is 2.93. The first kappa shape index (κ1) is 15.1. The van der Waals surface area contributed by atoms with Gasteiger partial charge in [-0.05, 0) is 0 Å². The maximum absolute atomic E-state index is 6.05. The Bertz CT molecular complexity index is 743. The zero-order chi connectivity index (χ0) is 16.5. The standard InChI is InChI=1S/C14H20N8O2/c15-11-9-10(17-13(16)19-11)12(21-1-5-23-6-2-21)20-14(18-9)22-3-7-24-8-4-22/h1-8H2,(H4,15,16,17,19). The minimum atomic E-state index is 0.122. The molecule has 128 valence electrons. The summed E-state index contributed by atoms with van der Waals surface area (Å²) in [5.41, 5.74) is 12.9. The maximum Gasteiger partial charge on any atom is 0.228 e. The largest absolute Gasteiger partial charge is 0.382 e. The molecule has 2 aliphatic rings. The van der Waals surface area contributed by atoms with Gasteiger partial charge in [-0.1, -0.05) is 0 Å². The molecule has 2 aromatic heterocycles. The number of nitrogens with two attached hydrogens (primary N) is 2. The summed E-state index contributed by atoms with van der Waals surface area (Å²) < 4.78 is 10.8. The third-order valence-electron chi connectivity index (χ3n) is 4.16. The number of ether oxygens (including phenoxy) is 2. The molecule has 0 aliphatic carbocycles. The zero-order valence-electron chi connectivity index (χ0n) is 13.3. The molecule has 0 aromatic carbocycles. The lowest BCUT2D eigenvalue weighted by atomic mass is 10.3. The van der Waals surface area contributed by atoms with Crippen molar-refractivity contribution in [3.8, 4) is 0 Å². The monoisotopic (exact) mass is 332 g/mol. The second-order valence-corrected chi connectivity index (χ2v) is 5.71. The third-order valence-corrected chi connectivity index (χ3v) is 4.16. The fraction of sp³-hybridized carbons (Fsp3) is 0.571. The van der Waals surface area contributed by atoms with Crippen molar-refractivity contribution in [1.29, 1.82) is 0 Å². The van der Waals surface area contributed by atoms with E-state index in [4.69, 9.17) is 25.9 Å². The van der Waals surface area contributed by atoms with Crippen LogP contribution in [0, 0.1) is 0 Å². The number of nitrogens with zero attached hydrogens (tertiary/aromatic N) is 6. The van der Waals surface area contributed by atoms with Crippen molar-refractivity contribution in [2.24, 2.45) is 0 Å². The second kappa shape index (κ2) is 6.21. The minimum absolute atomic E-state index is 0.122. The van der Waals surface area contributed by atoms with E-state index in [1.165, 1.54) is 0 Å². The summed E-state index contributed by atoms with van der Waals surface area (Å²) in [5, 5.41) is 0. The first-order chi connectivity index (χ1) is 11.7. The molecule has 0 bridgehead atoms. The SMILES string of the molecule is Nc1nc(N)c2nc(N3CCOCC3)nc(N3CCOCC3)c2n1. The Balaban J connectivity index is 1.85. The van der Waals surface area contributed by atoms with Crippen molar-refractivity contribution in [3.05, 3.63) is 0 Å². The highest BCUT2D eigenvalue weighted by molar-refractivity contribution is 5.93. The van der Waals surface area contributed by atoms with E-state index in [-0.39, 0.29) is 11.8 Å².